The number of nitrogens with two attached hydrogens (primary N) is 1. The Morgan fingerprint density at radius 1 is 1.09 bits per heavy atom. The summed E-state index contributed by atoms with van der Waals surface area (Å²) in [5, 5.41) is 14.7. The summed E-state index contributed by atoms with van der Waals surface area (Å²) in [6.45, 7) is 3.63. The van der Waals surface area contributed by atoms with E-state index in [-0.39, 0.29) is 6.04 Å². The van der Waals surface area contributed by atoms with Gasteiger partial charge in [-0.2, -0.15) is 5.10 Å². The molecule has 2 aliphatic rings. The fourth-order valence-electron chi connectivity index (χ4n) is 5.29. The largest absolute Gasteiger partial charge is 0.497 e. The predicted octanol–water partition coefficient (Wildman–Crippen LogP) is 4.08. The quantitative estimate of drug-likeness (QED) is 0.437. The van der Waals surface area contributed by atoms with Gasteiger partial charge in [-0.15, -0.1) is 5.10 Å². The van der Waals surface area contributed by atoms with Crippen LogP contribution in [0.15, 0.2) is 48.8 Å². The van der Waals surface area contributed by atoms with E-state index < -0.39 is 0 Å². The molecule has 1 atom stereocenters. The molecular formula is C27H33N7O. The highest BCUT2D eigenvalue weighted by molar-refractivity contribution is 5.95. The molecule has 1 aliphatic heterocycles. The monoisotopic (exact) mass is 471 g/mol. The summed E-state index contributed by atoms with van der Waals surface area (Å²) in [7, 11) is 1.70. The van der Waals surface area contributed by atoms with Gasteiger partial charge in [-0.05, 0) is 55.4 Å². The van der Waals surface area contributed by atoms with Crippen LogP contribution in [0.2, 0.25) is 0 Å². The zero-order valence-corrected chi connectivity index (χ0v) is 20.3. The minimum Gasteiger partial charge on any atom is -0.497 e. The van der Waals surface area contributed by atoms with Crippen molar-refractivity contribution < 1.29 is 4.74 Å². The van der Waals surface area contributed by atoms with Gasteiger partial charge in [0.2, 0.25) is 0 Å². The Labute approximate surface area is 205 Å². The molecule has 182 valence electrons. The highest BCUT2D eigenvalue weighted by atomic mass is 16.5. The number of piperidine rings is 1. The molecule has 8 heteroatoms. The molecule has 4 aromatic rings. The fourth-order valence-corrected chi connectivity index (χ4v) is 5.29. The topological polar surface area (TPSA) is 87.0 Å². The summed E-state index contributed by atoms with van der Waals surface area (Å²) in [6, 6.07) is 13.1. The smallest absolute Gasteiger partial charge is 0.121 e. The molecule has 0 spiro atoms. The minimum absolute atomic E-state index is 0.269. The van der Waals surface area contributed by atoms with Crippen molar-refractivity contribution in [2.45, 2.75) is 51.2 Å². The van der Waals surface area contributed by atoms with Crippen molar-refractivity contribution in [1.82, 2.24) is 24.8 Å². The summed E-state index contributed by atoms with van der Waals surface area (Å²) in [5.41, 5.74) is 11.5. The van der Waals surface area contributed by atoms with Crippen molar-refractivity contribution in [2.75, 3.05) is 25.1 Å². The van der Waals surface area contributed by atoms with E-state index in [1.807, 2.05) is 23.1 Å². The second-order valence-electron chi connectivity index (χ2n) is 10.0. The van der Waals surface area contributed by atoms with Crippen molar-refractivity contribution in [2.24, 2.45) is 11.7 Å². The predicted molar refractivity (Wildman–Crippen MR) is 138 cm³/mol. The van der Waals surface area contributed by atoms with E-state index in [4.69, 9.17) is 15.6 Å². The molecule has 2 fully saturated rings. The lowest BCUT2D eigenvalue weighted by Crippen LogP contribution is -2.42. The van der Waals surface area contributed by atoms with Gasteiger partial charge in [-0.25, -0.2) is 4.68 Å². The standard InChI is InChI=1S/C27H33N7O/c1-35-23-12-24(25-14-29-34(27(25)13-23)16-19-4-2-5-19)26-18-33(31-30-26)15-20-7-9-22(10-8-20)32-11-3-6-21(28)17-32/h7-10,12-14,18-19,21H,2-6,11,15-17,28H2,1H3/t21-/m1/s1. The molecule has 35 heavy (non-hydrogen) atoms. The van der Waals surface area contributed by atoms with Crippen LogP contribution in [0.4, 0.5) is 5.69 Å². The lowest BCUT2D eigenvalue weighted by molar-refractivity contribution is 0.270. The Morgan fingerprint density at radius 3 is 2.69 bits per heavy atom. The maximum absolute atomic E-state index is 6.16. The molecule has 2 aromatic carbocycles. The number of rotatable bonds is 7. The van der Waals surface area contributed by atoms with Gasteiger partial charge in [0, 0.05) is 48.4 Å². The van der Waals surface area contributed by atoms with Gasteiger partial charge in [0.25, 0.3) is 0 Å². The summed E-state index contributed by atoms with van der Waals surface area (Å²) in [4.78, 5) is 2.38. The highest BCUT2D eigenvalue weighted by Crippen LogP contribution is 2.34. The van der Waals surface area contributed by atoms with Crippen molar-refractivity contribution in [3.05, 3.63) is 54.4 Å². The maximum atomic E-state index is 6.16. The van der Waals surface area contributed by atoms with Crippen molar-refractivity contribution in [3.8, 4) is 17.0 Å². The summed E-state index contributed by atoms with van der Waals surface area (Å²) in [6.07, 6.45) is 10.1. The molecule has 0 radical (unpaired) electrons. The number of methoxy groups -OCH3 is 1. The second kappa shape index (κ2) is 9.34. The lowest BCUT2D eigenvalue weighted by atomic mass is 9.85. The van der Waals surface area contributed by atoms with Gasteiger partial charge < -0.3 is 15.4 Å². The Kier molecular flexibility index (Phi) is 5.90. The van der Waals surface area contributed by atoms with Crippen LogP contribution < -0.4 is 15.4 Å². The molecule has 0 unspecified atom stereocenters. The van der Waals surface area contributed by atoms with E-state index in [1.165, 1.54) is 30.5 Å². The number of hydrogen-bond acceptors (Lipinski definition) is 6. The number of hydrogen-bond donors (Lipinski definition) is 1. The normalized spacial score (nSPS) is 18.7. The van der Waals surface area contributed by atoms with Gasteiger partial charge in [0.15, 0.2) is 0 Å². The number of ether oxygens (including phenoxy) is 1. The van der Waals surface area contributed by atoms with E-state index in [2.05, 4.69) is 50.2 Å². The molecule has 1 saturated carbocycles. The Morgan fingerprint density at radius 2 is 1.94 bits per heavy atom. The molecule has 0 amide bonds. The van der Waals surface area contributed by atoms with E-state index in [0.717, 1.165) is 66.3 Å². The molecule has 3 heterocycles. The Bertz CT molecular complexity index is 1310. The van der Waals surface area contributed by atoms with Crippen LogP contribution in [-0.2, 0) is 13.1 Å². The molecule has 0 bridgehead atoms. The third kappa shape index (κ3) is 4.50. The number of benzene rings is 2. The molecule has 2 aromatic heterocycles. The van der Waals surface area contributed by atoms with Gasteiger partial charge >= 0.3 is 0 Å². The SMILES string of the molecule is COc1cc(-c2cn(Cc3ccc(N4CCC[C@@H](N)C4)cc3)nn2)c2cnn(CC3CCC3)c2c1. The van der Waals surface area contributed by atoms with Crippen molar-refractivity contribution in [3.63, 3.8) is 0 Å². The van der Waals surface area contributed by atoms with E-state index in [0.29, 0.717) is 6.54 Å². The van der Waals surface area contributed by atoms with Crippen LogP contribution in [0.25, 0.3) is 22.2 Å². The van der Waals surface area contributed by atoms with Gasteiger partial charge in [-0.3, -0.25) is 4.68 Å². The average Bonchev–Trinajstić information content (AvgIpc) is 3.48. The highest BCUT2D eigenvalue weighted by Gasteiger charge is 2.21. The third-order valence-electron chi connectivity index (χ3n) is 7.55. The maximum Gasteiger partial charge on any atom is 0.121 e. The number of nitrogens with zero attached hydrogens (tertiary/aromatic N) is 6. The summed E-state index contributed by atoms with van der Waals surface area (Å²) >= 11 is 0. The van der Waals surface area contributed by atoms with E-state index >= 15 is 0 Å². The molecule has 6 rings (SSSR count). The Balaban J connectivity index is 1.22. The van der Waals surface area contributed by atoms with Gasteiger partial charge in [0.1, 0.15) is 11.4 Å². The van der Waals surface area contributed by atoms with Crippen molar-refractivity contribution in [1.29, 1.82) is 0 Å². The number of fused-ring (bicyclic) bond motifs is 1. The molecular weight excluding hydrogens is 438 g/mol. The van der Waals surface area contributed by atoms with Gasteiger partial charge in [-0.1, -0.05) is 23.8 Å². The first-order valence-electron chi connectivity index (χ1n) is 12.7. The van der Waals surface area contributed by atoms with E-state index in [1.54, 1.807) is 7.11 Å². The van der Waals surface area contributed by atoms with Gasteiger partial charge in [0.05, 0.1) is 31.6 Å². The first-order chi connectivity index (χ1) is 17.2. The second-order valence-corrected chi connectivity index (χ2v) is 10.0. The first kappa shape index (κ1) is 22.1. The van der Waals surface area contributed by atoms with Crippen LogP contribution in [0, 0.1) is 5.92 Å². The molecule has 8 nitrogen and oxygen atoms in total. The summed E-state index contributed by atoms with van der Waals surface area (Å²) < 4.78 is 9.63. The zero-order chi connectivity index (χ0) is 23.8. The third-order valence-corrected chi connectivity index (χ3v) is 7.55. The first-order valence-corrected chi connectivity index (χ1v) is 12.7. The zero-order valence-electron chi connectivity index (χ0n) is 20.3. The van der Waals surface area contributed by atoms with E-state index in [9.17, 15) is 0 Å². The number of aromatic nitrogens is 5. The van der Waals surface area contributed by atoms with Crippen molar-refractivity contribution >= 4 is 16.6 Å². The Hall–Kier alpha value is -3.39. The molecule has 1 saturated heterocycles. The average molecular weight is 472 g/mol. The minimum atomic E-state index is 0.269. The lowest BCUT2D eigenvalue weighted by Gasteiger charge is -2.32. The molecule has 1 aliphatic carbocycles. The van der Waals surface area contributed by atoms with Crippen LogP contribution in [0.5, 0.6) is 5.75 Å². The van der Waals surface area contributed by atoms with Crippen LogP contribution in [-0.4, -0.2) is 51.0 Å². The summed E-state index contributed by atoms with van der Waals surface area (Å²) in [5.74, 6) is 1.54. The fraction of sp³-hybridized carbons (Fsp3) is 0.444. The van der Waals surface area contributed by atoms with Crippen LogP contribution in [0.1, 0.15) is 37.7 Å². The van der Waals surface area contributed by atoms with Crippen LogP contribution >= 0.6 is 0 Å². The number of anilines is 1. The molecule has 2 N–H and O–H groups in total. The van der Waals surface area contributed by atoms with Crippen LogP contribution in [0.3, 0.4) is 0 Å².